The Morgan fingerprint density at radius 1 is 1.30 bits per heavy atom. The number of nitrogens with one attached hydrogen (secondary N) is 1. The van der Waals surface area contributed by atoms with E-state index < -0.39 is 11.7 Å². The predicted molar refractivity (Wildman–Crippen MR) is 105 cm³/mol. The Bertz CT molecular complexity index is 837. The number of amides is 1. The Hall–Kier alpha value is -2.40. The van der Waals surface area contributed by atoms with E-state index >= 15 is 0 Å². The highest BCUT2D eigenvalue weighted by atomic mass is 35.5. The molecule has 1 aliphatic heterocycles. The van der Waals surface area contributed by atoms with Crippen molar-refractivity contribution in [3.8, 4) is 17.2 Å². The lowest BCUT2D eigenvalue weighted by atomic mass is 9.89. The maximum Gasteiger partial charge on any atom is 0.261 e. The number of hydrogen-bond acceptors (Lipinski definition) is 4. The van der Waals surface area contributed by atoms with Crippen LogP contribution in [0, 0.1) is 0 Å². The molecule has 2 aromatic rings. The molecule has 144 valence electrons. The second-order valence-corrected chi connectivity index (χ2v) is 7.63. The van der Waals surface area contributed by atoms with E-state index in [9.17, 15) is 4.79 Å². The van der Waals surface area contributed by atoms with Crippen molar-refractivity contribution < 1.29 is 19.0 Å². The summed E-state index contributed by atoms with van der Waals surface area (Å²) in [5, 5.41) is 3.55. The monoisotopic (exact) mass is 389 g/mol. The molecular weight excluding hydrogens is 366 g/mol. The molecule has 1 N–H and O–H groups in total. The van der Waals surface area contributed by atoms with Gasteiger partial charge in [-0.05, 0) is 45.0 Å². The molecule has 0 bridgehead atoms. The fraction of sp³-hybridized carbons (Fsp3) is 0.381. The second-order valence-electron chi connectivity index (χ2n) is 7.22. The van der Waals surface area contributed by atoms with Crippen LogP contribution >= 0.6 is 11.6 Å². The third-order valence-electron chi connectivity index (χ3n) is 4.50. The van der Waals surface area contributed by atoms with E-state index in [0.717, 1.165) is 11.3 Å². The number of benzene rings is 2. The molecule has 1 heterocycles. The summed E-state index contributed by atoms with van der Waals surface area (Å²) < 4.78 is 17.1. The minimum Gasteiger partial charge on any atom is -0.497 e. The van der Waals surface area contributed by atoms with Crippen LogP contribution in [0.4, 0.5) is 0 Å². The molecule has 0 aromatic heterocycles. The van der Waals surface area contributed by atoms with Crippen LogP contribution in [0.5, 0.6) is 17.2 Å². The standard InChI is InChI=1S/C21H24ClNO4/c1-13(26-18-8-6-5-7-16(18)22)20(24)23-17-12-21(2,3)27-19-11-14(25-4)9-10-15(17)19/h5-11,13,17H,12H2,1-4H3,(H,23,24)/t13-,17+/m1/s1. The molecule has 27 heavy (non-hydrogen) atoms. The van der Waals surface area contributed by atoms with Crippen molar-refractivity contribution in [2.45, 2.75) is 44.9 Å². The number of para-hydroxylation sites is 1. The van der Waals surface area contributed by atoms with Gasteiger partial charge >= 0.3 is 0 Å². The lowest BCUT2D eigenvalue weighted by Crippen LogP contribution is -2.44. The number of carbonyl (C=O) groups excluding carboxylic acids is 1. The smallest absolute Gasteiger partial charge is 0.261 e. The lowest BCUT2D eigenvalue weighted by molar-refractivity contribution is -0.128. The van der Waals surface area contributed by atoms with Crippen LogP contribution < -0.4 is 19.5 Å². The number of ether oxygens (including phenoxy) is 3. The van der Waals surface area contributed by atoms with E-state index in [1.165, 1.54) is 0 Å². The average molecular weight is 390 g/mol. The molecule has 2 atom stereocenters. The Balaban J connectivity index is 1.76. The Morgan fingerprint density at radius 2 is 2.04 bits per heavy atom. The van der Waals surface area contributed by atoms with E-state index in [0.29, 0.717) is 22.9 Å². The molecule has 2 aromatic carbocycles. The quantitative estimate of drug-likeness (QED) is 0.815. The van der Waals surface area contributed by atoms with Crippen molar-refractivity contribution in [2.24, 2.45) is 0 Å². The van der Waals surface area contributed by atoms with Crippen molar-refractivity contribution in [2.75, 3.05) is 7.11 Å². The van der Waals surface area contributed by atoms with Gasteiger partial charge in [0.2, 0.25) is 0 Å². The molecular formula is C21H24ClNO4. The minimum absolute atomic E-state index is 0.181. The van der Waals surface area contributed by atoms with Gasteiger partial charge in [0.15, 0.2) is 6.10 Å². The first-order chi connectivity index (χ1) is 12.8. The second kappa shape index (κ2) is 7.69. The number of methoxy groups -OCH3 is 1. The first-order valence-corrected chi connectivity index (χ1v) is 9.25. The molecule has 3 rings (SSSR count). The van der Waals surface area contributed by atoms with Crippen LogP contribution in [-0.2, 0) is 4.79 Å². The van der Waals surface area contributed by atoms with Crippen LogP contribution in [0.25, 0.3) is 0 Å². The lowest BCUT2D eigenvalue weighted by Gasteiger charge is -2.38. The Kier molecular flexibility index (Phi) is 5.51. The number of halogens is 1. The number of carbonyl (C=O) groups is 1. The van der Waals surface area contributed by atoms with Gasteiger partial charge < -0.3 is 19.5 Å². The van der Waals surface area contributed by atoms with Crippen molar-refractivity contribution in [3.05, 3.63) is 53.1 Å². The van der Waals surface area contributed by atoms with Crippen LogP contribution in [0.2, 0.25) is 5.02 Å². The van der Waals surface area contributed by atoms with Gasteiger partial charge in [-0.25, -0.2) is 0 Å². The first-order valence-electron chi connectivity index (χ1n) is 8.87. The molecule has 5 nitrogen and oxygen atoms in total. The summed E-state index contributed by atoms with van der Waals surface area (Å²) in [6.07, 6.45) is -0.0331. The summed E-state index contributed by atoms with van der Waals surface area (Å²) in [7, 11) is 1.61. The van der Waals surface area contributed by atoms with Crippen LogP contribution in [0.15, 0.2) is 42.5 Å². The molecule has 1 aliphatic rings. The Labute approximate surface area is 164 Å². The number of fused-ring (bicyclic) bond motifs is 1. The average Bonchev–Trinajstić information content (AvgIpc) is 2.62. The molecule has 6 heteroatoms. The highest BCUT2D eigenvalue weighted by Crippen LogP contribution is 2.41. The fourth-order valence-electron chi connectivity index (χ4n) is 3.16. The predicted octanol–water partition coefficient (Wildman–Crippen LogP) is 4.53. The van der Waals surface area contributed by atoms with E-state index in [1.807, 2.05) is 44.2 Å². The van der Waals surface area contributed by atoms with Gasteiger partial charge in [0.05, 0.1) is 18.2 Å². The summed E-state index contributed by atoms with van der Waals surface area (Å²) in [6, 6.07) is 12.6. The van der Waals surface area contributed by atoms with Crippen LogP contribution in [0.3, 0.4) is 0 Å². The van der Waals surface area contributed by atoms with Gasteiger partial charge in [-0.15, -0.1) is 0 Å². The zero-order chi connectivity index (χ0) is 19.6. The molecule has 0 saturated carbocycles. The summed E-state index contributed by atoms with van der Waals surface area (Å²) in [6.45, 7) is 5.70. The maximum absolute atomic E-state index is 12.7. The maximum atomic E-state index is 12.7. The Morgan fingerprint density at radius 3 is 2.74 bits per heavy atom. The summed E-state index contributed by atoms with van der Waals surface area (Å²) in [5.74, 6) is 1.71. The van der Waals surface area contributed by atoms with E-state index in [-0.39, 0.29) is 11.9 Å². The SMILES string of the molecule is COc1ccc2c(c1)OC(C)(C)C[C@@H]2NC(=O)[C@@H](C)Oc1ccccc1Cl. The zero-order valence-electron chi connectivity index (χ0n) is 15.9. The van der Waals surface area contributed by atoms with Crippen molar-refractivity contribution in [1.29, 1.82) is 0 Å². The van der Waals surface area contributed by atoms with Gasteiger partial charge in [0, 0.05) is 18.1 Å². The summed E-state index contributed by atoms with van der Waals surface area (Å²) in [4.78, 5) is 12.7. The van der Waals surface area contributed by atoms with Gasteiger partial charge in [-0.1, -0.05) is 23.7 Å². The van der Waals surface area contributed by atoms with Crippen LogP contribution in [-0.4, -0.2) is 24.7 Å². The van der Waals surface area contributed by atoms with Crippen LogP contribution in [0.1, 0.15) is 38.8 Å². The van der Waals surface area contributed by atoms with Gasteiger partial charge in [-0.3, -0.25) is 4.79 Å². The number of rotatable bonds is 5. The molecule has 1 amide bonds. The fourth-order valence-corrected chi connectivity index (χ4v) is 3.34. The van der Waals surface area contributed by atoms with E-state index in [1.54, 1.807) is 26.2 Å². The van der Waals surface area contributed by atoms with Gasteiger partial charge in [-0.2, -0.15) is 0 Å². The molecule has 0 aliphatic carbocycles. The summed E-state index contributed by atoms with van der Waals surface area (Å²) >= 11 is 6.11. The normalized spacial score (nSPS) is 18.6. The van der Waals surface area contributed by atoms with Gasteiger partial charge in [0.25, 0.3) is 5.91 Å². The van der Waals surface area contributed by atoms with Crippen molar-refractivity contribution in [1.82, 2.24) is 5.32 Å². The molecule has 0 spiro atoms. The number of hydrogen-bond donors (Lipinski definition) is 1. The van der Waals surface area contributed by atoms with Crippen molar-refractivity contribution in [3.63, 3.8) is 0 Å². The molecule has 0 radical (unpaired) electrons. The third kappa shape index (κ3) is 4.48. The van der Waals surface area contributed by atoms with E-state index in [4.69, 9.17) is 25.8 Å². The van der Waals surface area contributed by atoms with Gasteiger partial charge in [0.1, 0.15) is 22.8 Å². The molecule has 0 saturated heterocycles. The highest BCUT2D eigenvalue weighted by Gasteiger charge is 2.35. The minimum atomic E-state index is -0.683. The first kappa shape index (κ1) is 19.4. The molecule has 0 unspecified atom stereocenters. The zero-order valence-corrected chi connectivity index (χ0v) is 16.7. The van der Waals surface area contributed by atoms with Crippen molar-refractivity contribution >= 4 is 17.5 Å². The topological polar surface area (TPSA) is 56.8 Å². The van der Waals surface area contributed by atoms with E-state index in [2.05, 4.69) is 5.32 Å². The summed E-state index contributed by atoms with van der Waals surface area (Å²) in [5.41, 5.74) is 0.512. The largest absolute Gasteiger partial charge is 0.497 e. The molecule has 0 fully saturated rings. The third-order valence-corrected chi connectivity index (χ3v) is 4.82. The highest BCUT2D eigenvalue weighted by molar-refractivity contribution is 6.32.